The zero-order valence-corrected chi connectivity index (χ0v) is 13.3. The topological polar surface area (TPSA) is 65.0 Å². The Kier molecular flexibility index (Phi) is 4.75. The van der Waals surface area contributed by atoms with E-state index >= 15 is 0 Å². The number of ether oxygens (including phenoxy) is 1. The normalized spacial score (nSPS) is 11.3. The smallest absolute Gasteiger partial charge is 0.434 e. The van der Waals surface area contributed by atoms with E-state index in [0.717, 1.165) is 16.7 Å². The predicted octanol–water partition coefficient (Wildman–Crippen LogP) is 4.17. The van der Waals surface area contributed by atoms with Gasteiger partial charge >= 0.3 is 6.18 Å². The average Bonchev–Trinajstić information content (AvgIpc) is 3.05. The SMILES string of the molecule is O=C(Cc1nc(C(F)(F)F)cs1)c1cc(Oc2cccnc2)ccn1. The number of rotatable bonds is 5. The molecule has 0 saturated carbocycles. The van der Waals surface area contributed by atoms with Crippen molar-refractivity contribution in [3.63, 3.8) is 0 Å². The number of thiazole rings is 1. The highest BCUT2D eigenvalue weighted by Gasteiger charge is 2.33. The third-order valence-corrected chi connectivity index (χ3v) is 3.89. The Bertz CT molecular complexity index is 882. The van der Waals surface area contributed by atoms with Crippen molar-refractivity contribution >= 4 is 17.1 Å². The Labute approximate surface area is 144 Å². The lowest BCUT2D eigenvalue weighted by Gasteiger charge is -2.06. The van der Waals surface area contributed by atoms with Gasteiger partial charge in [0.25, 0.3) is 0 Å². The molecule has 0 bridgehead atoms. The molecule has 0 aliphatic heterocycles. The second-order valence-electron chi connectivity index (χ2n) is 4.89. The first-order valence-corrected chi connectivity index (χ1v) is 7.88. The van der Waals surface area contributed by atoms with Gasteiger partial charge < -0.3 is 4.74 Å². The highest BCUT2D eigenvalue weighted by atomic mass is 32.1. The van der Waals surface area contributed by atoms with Crippen LogP contribution in [0.5, 0.6) is 11.5 Å². The third-order valence-electron chi connectivity index (χ3n) is 3.04. The number of nitrogens with zero attached hydrogens (tertiary/aromatic N) is 3. The molecule has 3 aromatic heterocycles. The molecule has 5 nitrogen and oxygen atoms in total. The highest BCUT2D eigenvalue weighted by molar-refractivity contribution is 7.09. The summed E-state index contributed by atoms with van der Waals surface area (Å²) in [7, 11) is 0. The Hall–Kier alpha value is -2.81. The van der Waals surface area contributed by atoms with E-state index in [1.807, 2.05) is 0 Å². The second-order valence-corrected chi connectivity index (χ2v) is 5.83. The lowest BCUT2D eigenvalue weighted by atomic mass is 10.2. The third kappa shape index (κ3) is 4.38. The summed E-state index contributed by atoms with van der Waals surface area (Å²) in [4.78, 5) is 23.5. The molecule has 9 heteroatoms. The first kappa shape index (κ1) is 17.0. The van der Waals surface area contributed by atoms with Crippen LogP contribution >= 0.6 is 11.3 Å². The van der Waals surface area contributed by atoms with Gasteiger partial charge in [-0.3, -0.25) is 14.8 Å². The van der Waals surface area contributed by atoms with Crippen molar-refractivity contribution in [3.8, 4) is 11.5 Å². The molecular weight excluding hydrogens is 355 g/mol. The number of halogens is 3. The molecule has 3 heterocycles. The van der Waals surface area contributed by atoms with E-state index in [1.54, 1.807) is 24.4 Å². The molecule has 0 spiro atoms. The van der Waals surface area contributed by atoms with Crippen molar-refractivity contribution in [2.45, 2.75) is 12.6 Å². The van der Waals surface area contributed by atoms with Crippen LogP contribution in [0.15, 0.2) is 48.2 Å². The Morgan fingerprint density at radius 3 is 2.72 bits per heavy atom. The summed E-state index contributed by atoms with van der Waals surface area (Å²) in [6, 6.07) is 6.38. The van der Waals surface area contributed by atoms with Crippen LogP contribution in [0.1, 0.15) is 21.2 Å². The van der Waals surface area contributed by atoms with E-state index in [4.69, 9.17) is 4.74 Å². The molecule has 0 aliphatic carbocycles. The minimum Gasteiger partial charge on any atom is -0.456 e. The van der Waals surface area contributed by atoms with Gasteiger partial charge in [0.1, 0.15) is 22.2 Å². The first-order valence-electron chi connectivity index (χ1n) is 7.00. The molecule has 0 aromatic carbocycles. The summed E-state index contributed by atoms with van der Waals surface area (Å²) < 4.78 is 43.2. The van der Waals surface area contributed by atoms with Crippen molar-refractivity contribution in [1.82, 2.24) is 15.0 Å². The second kappa shape index (κ2) is 6.98. The number of alkyl halides is 3. The number of aromatic nitrogens is 3. The number of Topliss-reactive ketones (excluding diaryl/α,β-unsaturated/α-hetero) is 1. The molecule has 25 heavy (non-hydrogen) atoms. The number of carbonyl (C=O) groups excluding carboxylic acids is 1. The molecule has 0 unspecified atom stereocenters. The molecule has 0 N–H and O–H groups in total. The van der Waals surface area contributed by atoms with Crippen LogP contribution in [0.3, 0.4) is 0 Å². The van der Waals surface area contributed by atoms with E-state index in [9.17, 15) is 18.0 Å². The maximum Gasteiger partial charge on any atom is 0.434 e. The fourth-order valence-electron chi connectivity index (χ4n) is 1.92. The summed E-state index contributed by atoms with van der Waals surface area (Å²) in [6.45, 7) is 0. The van der Waals surface area contributed by atoms with Crippen LogP contribution in [-0.2, 0) is 12.6 Å². The summed E-state index contributed by atoms with van der Waals surface area (Å²) >= 11 is 0.787. The lowest BCUT2D eigenvalue weighted by molar-refractivity contribution is -0.140. The van der Waals surface area contributed by atoms with Crippen molar-refractivity contribution in [3.05, 3.63) is 64.6 Å². The van der Waals surface area contributed by atoms with E-state index in [2.05, 4.69) is 15.0 Å². The van der Waals surface area contributed by atoms with Crippen LogP contribution in [0.4, 0.5) is 13.2 Å². The number of hydrogen-bond acceptors (Lipinski definition) is 6. The van der Waals surface area contributed by atoms with Gasteiger partial charge in [0.15, 0.2) is 11.5 Å². The van der Waals surface area contributed by atoms with Crippen molar-refractivity contribution < 1.29 is 22.7 Å². The summed E-state index contributed by atoms with van der Waals surface area (Å²) in [6.07, 6.45) is -0.284. The Morgan fingerprint density at radius 1 is 1.20 bits per heavy atom. The molecule has 0 fully saturated rings. The van der Waals surface area contributed by atoms with Crippen LogP contribution in [0, 0.1) is 0 Å². The molecule has 0 saturated heterocycles. The van der Waals surface area contributed by atoms with Gasteiger partial charge in [-0.2, -0.15) is 13.2 Å². The molecular formula is C16H10F3N3O2S. The zero-order chi connectivity index (χ0) is 17.9. The molecule has 0 aliphatic rings. The van der Waals surface area contributed by atoms with E-state index in [0.29, 0.717) is 11.5 Å². The maximum absolute atomic E-state index is 12.5. The predicted molar refractivity (Wildman–Crippen MR) is 83.7 cm³/mol. The molecule has 128 valence electrons. The van der Waals surface area contributed by atoms with Gasteiger partial charge in [-0.1, -0.05) is 0 Å². The number of pyridine rings is 2. The molecule has 3 rings (SSSR count). The number of carbonyl (C=O) groups is 1. The van der Waals surface area contributed by atoms with Crippen molar-refractivity contribution in [2.24, 2.45) is 0 Å². The van der Waals surface area contributed by atoms with Gasteiger partial charge in [0.2, 0.25) is 0 Å². The highest BCUT2D eigenvalue weighted by Crippen LogP contribution is 2.30. The van der Waals surface area contributed by atoms with E-state index < -0.39 is 17.7 Å². The largest absolute Gasteiger partial charge is 0.456 e. The molecule has 0 amide bonds. The Balaban J connectivity index is 1.72. The minimum absolute atomic E-state index is 0.0812. The van der Waals surface area contributed by atoms with Crippen molar-refractivity contribution in [2.75, 3.05) is 0 Å². The van der Waals surface area contributed by atoms with Crippen LogP contribution in [-0.4, -0.2) is 20.7 Å². The van der Waals surface area contributed by atoms with E-state index in [-0.39, 0.29) is 17.1 Å². The van der Waals surface area contributed by atoms with Gasteiger partial charge in [0, 0.05) is 23.8 Å². The number of ketones is 1. The molecule has 0 radical (unpaired) electrons. The standard InChI is InChI=1S/C16H10F3N3O2S/c17-16(18,19)14-9-25-15(22-14)7-13(23)12-6-10(3-5-21-12)24-11-2-1-4-20-8-11/h1-6,8-9H,7H2. The van der Waals surface area contributed by atoms with E-state index in [1.165, 1.54) is 18.5 Å². The zero-order valence-electron chi connectivity index (χ0n) is 12.5. The van der Waals surface area contributed by atoms with Gasteiger partial charge in [-0.25, -0.2) is 4.98 Å². The Morgan fingerprint density at radius 2 is 2.04 bits per heavy atom. The fraction of sp³-hybridized carbons (Fsp3) is 0.125. The monoisotopic (exact) mass is 365 g/mol. The maximum atomic E-state index is 12.5. The summed E-state index contributed by atoms with van der Waals surface area (Å²) in [5.41, 5.74) is -0.910. The lowest BCUT2D eigenvalue weighted by Crippen LogP contribution is -2.08. The fourth-order valence-corrected chi connectivity index (χ4v) is 2.72. The average molecular weight is 365 g/mol. The van der Waals surface area contributed by atoms with Crippen molar-refractivity contribution in [1.29, 1.82) is 0 Å². The quantitative estimate of drug-likeness (QED) is 0.635. The molecule has 3 aromatic rings. The number of hydrogen-bond donors (Lipinski definition) is 0. The van der Waals surface area contributed by atoms with Gasteiger partial charge in [-0.05, 0) is 18.2 Å². The van der Waals surface area contributed by atoms with Crippen LogP contribution in [0.2, 0.25) is 0 Å². The van der Waals surface area contributed by atoms with Gasteiger partial charge in [-0.15, -0.1) is 11.3 Å². The first-order chi connectivity index (χ1) is 11.9. The van der Waals surface area contributed by atoms with Crippen LogP contribution < -0.4 is 4.74 Å². The van der Waals surface area contributed by atoms with Crippen LogP contribution in [0.25, 0.3) is 0 Å². The minimum atomic E-state index is -4.52. The molecule has 0 atom stereocenters. The summed E-state index contributed by atoms with van der Waals surface area (Å²) in [5, 5.41) is 0.968. The van der Waals surface area contributed by atoms with Gasteiger partial charge in [0.05, 0.1) is 12.6 Å². The summed E-state index contributed by atoms with van der Waals surface area (Å²) in [5.74, 6) is 0.419.